The molecule has 0 saturated carbocycles. The third-order valence-corrected chi connectivity index (χ3v) is 3.75. The van der Waals surface area contributed by atoms with Crippen LogP contribution >= 0.6 is 11.3 Å². The molecule has 16 heavy (non-hydrogen) atoms. The highest BCUT2D eigenvalue weighted by Crippen LogP contribution is 2.26. The van der Waals surface area contributed by atoms with Crippen molar-refractivity contribution in [3.8, 4) is 0 Å². The summed E-state index contributed by atoms with van der Waals surface area (Å²) < 4.78 is 5.23. The van der Waals surface area contributed by atoms with Gasteiger partial charge in [-0.05, 0) is 23.8 Å². The molecule has 2 unspecified atom stereocenters. The Morgan fingerprint density at radius 1 is 1.44 bits per heavy atom. The zero-order valence-corrected chi connectivity index (χ0v) is 11.5. The van der Waals surface area contributed by atoms with Gasteiger partial charge in [-0.15, -0.1) is 11.3 Å². The van der Waals surface area contributed by atoms with E-state index in [1.165, 1.54) is 4.88 Å². The summed E-state index contributed by atoms with van der Waals surface area (Å²) in [6, 6.07) is 5.22. The maximum atomic E-state index is 5.23. The maximum absolute atomic E-state index is 5.23. The number of thiophene rings is 1. The summed E-state index contributed by atoms with van der Waals surface area (Å²) in [7, 11) is 1.76. The predicted octanol–water partition coefficient (Wildman–Crippen LogP) is 3.46. The Labute approximate surface area is 103 Å². The van der Waals surface area contributed by atoms with Crippen molar-refractivity contribution in [3.63, 3.8) is 0 Å². The van der Waals surface area contributed by atoms with Crippen LogP contribution in [0.3, 0.4) is 0 Å². The van der Waals surface area contributed by atoms with E-state index in [0.29, 0.717) is 18.0 Å². The summed E-state index contributed by atoms with van der Waals surface area (Å²) in [4.78, 5) is 1.42. The normalized spacial score (nSPS) is 15.3. The zero-order valence-electron chi connectivity index (χ0n) is 10.7. The van der Waals surface area contributed by atoms with E-state index in [0.717, 1.165) is 13.0 Å². The van der Waals surface area contributed by atoms with Crippen molar-refractivity contribution in [2.45, 2.75) is 39.3 Å². The van der Waals surface area contributed by atoms with Crippen molar-refractivity contribution in [2.24, 2.45) is 5.92 Å². The SMILES string of the molecule is CCC(COC)NC(c1cccs1)C(C)C. The maximum Gasteiger partial charge on any atom is 0.0615 e. The van der Waals surface area contributed by atoms with E-state index < -0.39 is 0 Å². The predicted molar refractivity (Wildman–Crippen MR) is 71.0 cm³/mol. The molecule has 0 aliphatic rings. The lowest BCUT2D eigenvalue weighted by Gasteiger charge is -2.26. The van der Waals surface area contributed by atoms with E-state index in [1.54, 1.807) is 7.11 Å². The molecule has 0 radical (unpaired) electrons. The summed E-state index contributed by atoms with van der Waals surface area (Å²) in [5.74, 6) is 0.601. The lowest BCUT2D eigenvalue weighted by atomic mass is 10.0. The number of hydrogen-bond donors (Lipinski definition) is 1. The first-order valence-electron chi connectivity index (χ1n) is 5.97. The molecule has 1 heterocycles. The van der Waals surface area contributed by atoms with Crippen molar-refractivity contribution in [2.75, 3.05) is 13.7 Å². The summed E-state index contributed by atoms with van der Waals surface area (Å²) in [6.45, 7) is 7.50. The zero-order chi connectivity index (χ0) is 12.0. The minimum atomic E-state index is 0.444. The van der Waals surface area contributed by atoms with Crippen LogP contribution < -0.4 is 5.32 Å². The van der Waals surface area contributed by atoms with Crippen molar-refractivity contribution in [3.05, 3.63) is 22.4 Å². The van der Waals surface area contributed by atoms with Crippen LogP contribution in [0.15, 0.2) is 17.5 Å². The van der Waals surface area contributed by atoms with Crippen LogP contribution in [0.2, 0.25) is 0 Å². The van der Waals surface area contributed by atoms with Gasteiger partial charge >= 0.3 is 0 Å². The van der Waals surface area contributed by atoms with Crippen LogP contribution in [0.25, 0.3) is 0 Å². The molecule has 0 aliphatic heterocycles. The van der Waals surface area contributed by atoms with Crippen molar-refractivity contribution in [1.29, 1.82) is 0 Å². The summed E-state index contributed by atoms with van der Waals surface area (Å²) in [5, 5.41) is 5.83. The Morgan fingerprint density at radius 3 is 2.62 bits per heavy atom. The molecule has 0 saturated heterocycles. The van der Waals surface area contributed by atoms with Crippen LogP contribution in [0, 0.1) is 5.92 Å². The molecular weight excluding hydrogens is 218 g/mol. The second-order valence-corrected chi connectivity index (χ2v) is 5.44. The molecular formula is C13H23NOS. The van der Waals surface area contributed by atoms with Gasteiger partial charge in [0.05, 0.1) is 6.61 Å². The highest BCUT2D eigenvalue weighted by atomic mass is 32.1. The highest BCUT2D eigenvalue weighted by Gasteiger charge is 2.19. The third kappa shape index (κ3) is 3.89. The monoisotopic (exact) mass is 241 g/mol. The molecule has 2 nitrogen and oxygen atoms in total. The van der Waals surface area contributed by atoms with Gasteiger partial charge in [0.25, 0.3) is 0 Å². The van der Waals surface area contributed by atoms with E-state index in [9.17, 15) is 0 Å². The van der Waals surface area contributed by atoms with Crippen LogP contribution in [0.1, 0.15) is 38.1 Å². The molecule has 1 rings (SSSR count). The van der Waals surface area contributed by atoms with E-state index in [2.05, 4.69) is 43.6 Å². The smallest absolute Gasteiger partial charge is 0.0615 e. The first kappa shape index (κ1) is 13.7. The van der Waals surface area contributed by atoms with Gasteiger partial charge in [-0.3, -0.25) is 0 Å². The van der Waals surface area contributed by atoms with Crippen LogP contribution in [0.4, 0.5) is 0 Å². The first-order valence-corrected chi connectivity index (χ1v) is 6.85. The van der Waals surface area contributed by atoms with Gasteiger partial charge in [-0.1, -0.05) is 26.8 Å². The molecule has 0 amide bonds. The Kier molecular flexibility index (Phi) is 6.03. The number of nitrogens with one attached hydrogen (secondary N) is 1. The van der Waals surface area contributed by atoms with Gasteiger partial charge in [0.2, 0.25) is 0 Å². The van der Waals surface area contributed by atoms with Crippen molar-refractivity contribution in [1.82, 2.24) is 5.32 Å². The highest BCUT2D eigenvalue weighted by molar-refractivity contribution is 7.10. The van der Waals surface area contributed by atoms with E-state index >= 15 is 0 Å². The molecule has 2 atom stereocenters. The lowest BCUT2D eigenvalue weighted by molar-refractivity contribution is 0.154. The lowest BCUT2D eigenvalue weighted by Crippen LogP contribution is -2.37. The Morgan fingerprint density at radius 2 is 2.19 bits per heavy atom. The fourth-order valence-electron chi connectivity index (χ4n) is 1.81. The van der Waals surface area contributed by atoms with Gasteiger partial charge in [0.1, 0.15) is 0 Å². The molecule has 1 N–H and O–H groups in total. The molecule has 0 spiro atoms. The third-order valence-electron chi connectivity index (χ3n) is 2.79. The summed E-state index contributed by atoms with van der Waals surface area (Å²) >= 11 is 1.83. The molecule has 1 aromatic heterocycles. The molecule has 0 aliphatic carbocycles. The minimum Gasteiger partial charge on any atom is -0.383 e. The quantitative estimate of drug-likeness (QED) is 0.789. The topological polar surface area (TPSA) is 21.3 Å². The summed E-state index contributed by atoms with van der Waals surface area (Å²) in [6.07, 6.45) is 1.10. The van der Waals surface area contributed by atoms with Gasteiger partial charge in [0, 0.05) is 24.1 Å². The van der Waals surface area contributed by atoms with Gasteiger partial charge < -0.3 is 10.1 Å². The molecule has 0 bridgehead atoms. The second kappa shape index (κ2) is 7.05. The van der Waals surface area contributed by atoms with Crippen molar-refractivity contribution >= 4 is 11.3 Å². The van der Waals surface area contributed by atoms with Gasteiger partial charge in [0.15, 0.2) is 0 Å². The van der Waals surface area contributed by atoms with E-state index in [1.807, 2.05) is 11.3 Å². The van der Waals surface area contributed by atoms with Crippen LogP contribution in [-0.2, 0) is 4.74 Å². The number of rotatable bonds is 7. The Bertz CT molecular complexity index is 271. The van der Waals surface area contributed by atoms with E-state index in [4.69, 9.17) is 4.74 Å². The fraction of sp³-hybridized carbons (Fsp3) is 0.692. The molecule has 0 aromatic carbocycles. The first-order chi connectivity index (χ1) is 7.69. The number of ether oxygens (including phenoxy) is 1. The molecule has 0 fully saturated rings. The Balaban J connectivity index is 2.64. The molecule has 3 heteroatoms. The summed E-state index contributed by atoms with van der Waals surface area (Å²) in [5.41, 5.74) is 0. The standard InChI is InChI=1S/C13H23NOS/c1-5-11(9-15-4)14-13(10(2)3)12-7-6-8-16-12/h6-8,10-11,13-14H,5,9H2,1-4H3. The number of methoxy groups -OCH3 is 1. The van der Waals surface area contributed by atoms with Crippen molar-refractivity contribution < 1.29 is 4.74 Å². The second-order valence-electron chi connectivity index (χ2n) is 4.46. The average Bonchev–Trinajstić information content (AvgIpc) is 2.76. The largest absolute Gasteiger partial charge is 0.383 e. The van der Waals surface area contributed by atoms with Gasteiger partial charge in [-0.25, -0.2) is 0 Å². The van der Waals surface area contributed by atoms with Crippen LogP contribution in [0.5, 0.6) is 0 Å². The average molecular weight is 241 g/mol. The Hall–Kier alpha value is -0.380. The minimum absolute atomic E-state index is 0.444. The molecule has 92 valence electrons. The fourth-order valence-corrected chi connectivity index (χ4v) is 2.77. The molecule has 1 aromatic rings. The van der Waals surface area contributed by atoms with E-state index in [-0.39, 0.29) is 0 Å². The van der Waals surface area contributed by atoms with Crippen LogP contribution in [-0.4, -0.2) is 19.8 Å². The van der Waals surface area contributed by atoms with Gasteiger partial charge in [-0.2, -0.15) is 0 Å². The number of hydrogen-bond acceptors (Lipinski definition) is 3.